The average molecular weight is 386 g/mol. The van der Waals surface area contributed by atoms with Crippen LogP contribution < -0.4 is 16.5 Å². The number of hydrogen-bond acceptors (Lipinski definition) is 3. The second kappa shape index (κ2) is 6.56. The van der Waals surface area contributed by atoms with Gasteiger partial charge in [-0.1, -0.05) is 45.1 Å². The highest BCUT2D eigenvalue weighted by Crippen LogP contribution is 2.22. The van der Waals surface area contributed by atoms with E-state index in [1.165, 1.54) is 0 Å². The smallest absolute Gasteiger partial charge is 0.265 e. The molecule has 0 aliphatic rings. The van der Waals surface area contributed by atoms with Gasteiger partial charge in [0.05, 0.1) is 24.7 Å². The molecule has 6 heteroatoms. The molecule has 0 amide bonds. The van der Waals surface area contributed by atoms with Crippen molar-refractivity contribution in [2.45, 2.75) is 39.4 Å². The number of halogens is 1. The maximum absolute atomic E-state index is 13.4. The fourth-order valence-corrected chi connectivity index (χ4v) is 5.28. The standard InChI is InChI=1S/C20H24ClN3OSi/c1-12(2)19-23-17-15(10-11-16(22)18(17)26(3,4)5)20(25)24(19)14-8-6-13(21)7-9-14/h6-12H,22H2,1-5H3. The summed E-state index contributed by atoms with van der Waals surface area (Å²) in [5.41, 5.74) is 8.46. The van der Waals surface area contributed by atoms with Gasteiger partial charge in [0.2, 0.25) is 0 Å². The monoisotopic (exact) mass is 385 g/mol. The van der Waals surface area contributed by atoms with Crippen molar-refractivity contribution >= 4 is 41.5 Å². The zero-order valence-corrected chi connectivity index (χ0v) is 17.6. The predicted molar refractivity (Wildman–Crippen MR) is 114 cm³/mol. The molecule has 1 heterocycles. The van der Waals surface area contributed by atoms with E-state index in [-0.39, 0.29) is 11.5 Å². The minimum atomic E-state index is -1.78. The quantitative estimate of drug-likeness (QED) is 0.540. The molecule has 0 atom stereocenters. The number of nitrogens with zero attached hydrogens (tertiary/aromatic N) is 2. The molecular formula is C20H24ClN3OSi. The summed E-state index contributed by atoms with van der Waals surface area (Å²) in [6.07, 6.45) is 0. The molecule has 2 aromatic carbocycles. The molecule has 3 rings (SSSR count). The summed E-state index contributed by atoms with van der Waals surface area (Å²) in [4.78, 5) is 18.3. The number of aromatic nitrogens is 2. The maximum Gasteiger partial charge on any atom is 0.265 e. The Kier molecular flexibility index (Phi) is 4.71. The van der Waals surface area contributed by atoms with Crippen LogP contribution in [0.15, 0.2) is 41.2 Å². The lowest BCUT2D eigenvalue weighted by Crippen LogP contribution is -2.41. The summed E-state index contributed by atoms with van der Waals surface area (Å²) in [6, 6.07) is 10.9. The Morgan fingerprint density at radius 2 is 1.69 bits per heavy atom. The molecule has 1 aromatic heterocycles. The first-order valence-electron chi connectivity index (χ1n) is 8.73. The molecular weight excluding hydrogens is 362 g/mol. The van der Waals surface area contributed by atoms with E-state index in [4.69, 9.17) is 22.3 Å². The zero-order chi connectivity index (χ0) is 19.2. The van der Waals surface area contributed by atoms with E-state index in [9.17, 15) is 4.79 Å². The number of nitrogen functional groups attached to an aromatic ring is 1. The summed E-state index contributed by atoms with van der Waals surface area (Å²) in [6.45, 7) is 10.7. The highest BCUT2D eigenvalue weighted by atomic mass is 35.5. The van der Waals surface area contributed by atoms with Crippen LogP contribution in [0.2, 0.25) is 24.7 Å². The Balaban J connectivity index is 2.47. The van der Waals surface area contributed by atoms with Crippen LogP contribution in [0.4, 0.5) is 5.69 Å². The van der Waals surface area contributed by atoms with E-state index < -0.39 is 8.07 Å². The van der Waals surface area contributed by atoms with Gasteiger partial charge in [0.1, 0.15) is 5.82 Å². The van der Waals surface area contributed by atoms with E-state index in [0.717, 1.165) is 27.9 Å². The molecule has 0 radical (unpaired) electrons. The largest absolute Gasteiger partial charge is 0.399 e. The van der Waals surface area contributed by atoms with Crippen LogP contribution in [0.3, 0.4) is 0 Å². The van der Waals surface area contributed by atoms with Gasteiger partial charge in [0, 0.05) is 16.6 Å². The second-order valence-electron chi connectivity index (χ2n) is 7.92. The van der Waals surface area contributed by atoms with Crippen molar-refractivity contribution in [3.63, 3.8) is 0 Å². The molecule has 0 fully saturated rings. The predicted octanol–water partition coefficient (Wildman–Crippen LogP) is 4.29. The van der Waals surface area contributed by atoms with Crippen molar-refractivity contribution in [3.8, 4) is 5.69 Å². The van der Waals surface area contributed by atoms with Crippen LogP contribution in [-0.2, 0) is 0 Å². The first-order valence-corrected chi connectivity index (χ1v) is 12.6. The molecule has 26 heavy (non-hydrogen) atoms. The minimum absolute atomic E-state index is 0.0690. The number of benzene rings is 2. The lowest BCUT2D eigenvalue weighted by molar-refractivity contribution is 0.723. The molecule has 4 nitrogen and oxygen atoms in total. The number of anilines is 1. The van der Waals surface area contributed by atoms with Gasteiger partial charge in [-0.2, -0.15) is 0 Å². The van der Waals surface area contributed by atoms with E-state index in [2.05, 4.69) is 19.6 Å². The molecule has 0 saturated carbocycles. The third-order valence-corrected chi connectivity index (χ3v) is 6.73. The van der Waals surface area contributed by atoms with E-state index in [0.29, 0.717) is 10.4 Å². The Bertz CT molecular complexity index is 1030. The van der Waals surface area contributed by atoms with Crippen LogP contribution in [0.1, 0.15) is 25.6 Å². The fraction of sp³-hybridized carbons (Fsp3) is 0.300. The molecule has 0 unspecified atom stereocenters. The van der Waals surface area contributed by atoms with Crippen LogP contribution in [-0.4, -0.2) is 17.6 Å². The van der Waals surface area contributed by atoms with Crippen LogP contribution in [0.25, 0.3) is 16.6 Å². The summed E-state index contributed by atoms with van der Waals surface area (Å²) in [5.74, 6) is 0.814. The van der Waals surface area contributed by atoms with Gasteiger partial charge in [-0.3, -0.25) is 9.36 Å². The van der Waals surface area contributed by atoms with Gasteiger partial charge in [0.15, 0.2) is 0 Å². The van der Waals surface area contributed by atoms with E-state index >= 15 is 0 Å². The first-order chi connectivity index (χ1) is 12.1. The summed E-state index contributed by atoms with van der Waals surface area (Å²) in [7, 11) is -1.78. The summed E-state index contributed by atoms with van der Waals surface area (Å²) >= 11 is 6.01. The van der Waals surface area contributed by atoms with Gasteiger partial charge in [0.25, 0.3) is 5.56 Å². The van der Waals surface area contributed by atoms with E-state index in [1.54, 1.807) is 22.8 Å². The molecule has 0 aliphatic carbocycles. The molecule has 0 saturated heterocycles. The van der Waals surface area contributed by atoms with Gasteiger partial charge < -0.3 is 5.73 Å². The molecule has 3 aromatic rings. The van der Waals surface area contributed by atoms with Crippen LogP contribution >= 0.6 is 11.6 Å². The molecule has 0 spiro atoms. The van der Waals surface area contributed by atoms with Crippen LogP contribution in [0.5, 0.6) is 0 Å². The SMILES string of the molecule is CC(C)c1nc2c([Si](C)(C)C)c(N)ccc2c(=O)n1-c1ccc(Cl)cc1. The third kappa shape index (κ3) is 3.17. The fourth-order valence-electron chi connectivity index (χ4n) is 3.30. The normalized spacial score (nSPS) is 12.1. The number of hydrogen-bond donors (Lipinski definition) is 1. The molecule has 136 valence electrons. The Morgan fingerprint density at radius 1 is 1.08 bits per heavy atom. The molecule has 0 aliphatic heterocycles. The zero-order valence-electron chi connectivity index (χ0n) is 15.8. The van der Waals surface area contributed by atoms with Crippen molar-refractivity contribution in [1.82, 2.24) is 9.55 Å². The number of nitrogens with two attached hydrogens (primary N) is 1. The lowest BCUT2D eigenvalue weighted by Gasteiger charge is -2.23. The second-order valence-corrected chi connectivity index (χ2v) is 13.4. The van der Waals surface area contributed by atoms with Crippen molar-refractivity contribution < 1.29 is 0 Å². The van der Waals surface area contributed by atoms with E-state index in [1.807, 2.05) is 32.0 Å². The number of rotatable bonds is 3. The minimum Gasteiger partial charge on any atom is -0.399 e. The topological polar surface area (TPSA) is 60.9 Å². The Hall–Kier alpha value is -2.11. The van der Waals surface area contributed by atoms with Gasteiger partial charge in [-0.15, -0.1) is 0 Å². The van der Waals surface area contributed by atoms with Crippen LogP contribution in [0, 0.1) is 0 Å². The average Bonchev–Trinajstić information content (AvgIpc) is 2.54. The number of fused-ring (bicyclic) bond motifs is 1. The summed E-state index contributed by atoms with van der Waals surface area (Å²) < 4.78 is 1.69. The molecule has 2 N–H and O–H groups in total. The highest BCUT2D eigenvalue weighted by molar-refractivity contribution is 6.91. The van der Waals surface area contributed by atoms with Gasteiger partial charge in [-0.05, 0) is 41.6 Å². The highest BCUT2D eigenvalue weighted by Gasteiger charge is 2.26. The Labute approximate surface area is 159 Å². The molecule has 0 bridgehead atoms. The summed E-state index contributed by atoms with van der Waals surface area (Å²) in [5, 5.41) is 2.30. The van der Waals surface area contributed by atoms with Crippen molar-refractivity contribution in [2.24, 2.45) is 0 Å². The van der Waals surface area contributed by atoms with Gasteiger partial charge in [-0.25, -0.2) is 4.98 Å². The third-order valence-electron chi connectivity index (χ3n) is 4.45. The van der Waals surface area contributed by atoms with Gasteiger partial charge >= 0.3 is 0 Å². The van der Waals surface area contributed by atoms with Crippen molar-refractivity contribution in [1.29, 1.82) is 0 Å². The first kappa shape index (κ1) is 18.7. The van der Waals surface area contributed by atoms with Crippen molar-refractivity contribution in [3.05, 3.63) is 57.6 Å². The Morgan fingerprint density at radius 3 is 2.23 bits per heavy atom. The maximum atomic E-state index is 13.4. The van der Waals surface area contributed by atoms with Crippen molar-refractivity contribution in [2.75, 3.05) is 5.73 Å². The lowest BCUT2D eigenvalue weighted by atomic mass is 10.1.